The molecular weight excluding hydrogens is 167 g/mol. The molecule has 2 heteroatoms. The van der Waals surface area contributed by atoms with Crippen molar-refractivity contribution >= 4 is 6.08 Å². The van der Waals surface area contributed by atoms with E-state index in [1.165, 1.54) is 5.56 Å². The van der Waals surface area contributed by atoms with Gasteiger partial charge in [0.1, 0.15) is 0 Å². The van der Waals surface area contributed by atoms with E-state index in [2.05, 4.69) is 18.4 Å². The van der Waals surface area contributed by atoms with Crippen LogP contribution in [0.25, 0.3) is 6.08 Å². The Bertz CT molecular complexity index is 318. The summed E-state index contributed by atoms with van der Waals surface area (Å²) in [7, 11) is 0. The monoisotopic (exact) mass is 180 g/mol. The zero-order chi connectivity index (χ0) is 9.84. The van der Waals surface area contributed by atoms with Crippen LogP contribution in [0.2, 0.25) is 0 Å². The zero-order valence-corrected chi connectivity index (χ0v) is 7.93. The maximum Gasteiger partial charge on any atom is 0.179 e. The number of hydrogen-bond acceptors (Lipinski definition) is 1. The van der Waals surface area contributed by atoms with E-state index in [1.807, 2.05) is 13.0 Å². The molecular formula is C11H13FO. The maximum absolute atomic E-state index is 12.0. The molecule has 0 unspecified atom stereocenters. The first-order chi connectivity index (χ1) is 6.22. The lowest BCUT2D eigenvalue weighted by atomic mass is 10.0. The molecule has 0 N–H and O–H groups in total. The lowest BCUT2D eigenvalue weighted by Crippen LogP contribution is -1.90. The van der Waals surface area contributed by atoms with E-state index in [1.54, 1.807) is 12.1 Å². The fourth-order valence-corrected chi connectivity index (χ4v) is 1.35. The minimum atomic E-state index is 0.240. The molecule has 13 heavy (non-hydrogen) atoms. The maximum atomic E-state index is 12.0. The van der Waals surface area contributed by atoms with Crippen LogP contribution in [0.1, 0.15) is 23.6 Å². The van der Waals surface area contributed by atoms with Gasteiger partial charge in [-0.3, -0.25) is 4.94 Å². The van der Waals surface area contributed by atoms with Crippen molar-refractivity contribution in [2.24, 2.45) is 0 Å². The third kappa shape index (κ3) is 1.89. The van der Waals surface area contributed by atoms with Crippen molar-refractivity contribution < 1.29 is 9.47 Å². The van der Waals surface area contributed by atoms with E-state index < -0.39 is 0 Å². The molecule has 0 fully saturated rings. The molecule has 0 heterocycles. The second-order valence-electron chi connectivity index (χ2n) is 2.95. The standard InChI is InChI=1S/C11H13FO/c1-4-9-7-10(5-2)11(13-12)6-8(9)3/h5-7H,2,4H2,1,3H3. The minimum absolute atomic E-state index is 0.240. The Morgan fingerprint density at radius 2 is 2.23 bits per heavy atom. The van der Waals surface area contributed by atoms with Crippen molar-refractivity contribution in [3.05, 3.63) is 35.4 Å². The average Bonchev–Trinajstić information content (AvgIpc) is 2.17. The summed E-state index contributed by atoms with van der Waals surface area (Å²) in [5, 5.41) is 0. The quantitative estimate of drug-likeness (QED) is 0.692. The molecule has 0 spiro atoms. The Morgan fingerprint density at radius 1 is 1.54 bits per heavy atom. The number of aryl methyl sites for hydroxylation is 2. The molecule has 0 aliphatic carbocycles. The minimum Gasteiger partial charge on any atom is -0.294 e. The normalized spacial score (nSPS) is 9.77. The van der Waals surface area contributed by atoms with Gasteiger partial charge in [-0.05, 0) is 36.6 Å². The van der Waals surface area contributed by atoms with Crippen LogP contribution in [0, 0.1) is 6.92 Å². The van der Waals surface area contributed by atoms with Crippen LogP contribution in [0.5, 0.6) is 5.75 Å². The molecule has 0 aromatic heterocycles. The van der Waals surface area contributed by atoms with Gasteiger partial charge in [-0.15, -0.1) is 0 Å². The molecule has 0 aliphatic rings. The molecule has 0 saturated carbocycles. The second kappa shape index (κ2) is 4.08. The first-order valence-electron chi connectivity index (χ1n) is 4.27. The molecule has 1 nitrogen and oxygen atoms in total. The van der Waals surface area contributed by atoms with Gasteiger partial charge in [0.2, 0.25) is 0 Å². The van der Waals surface area contributed by atoms with Crippen molar-refractivity contribution in [3.63, 3.8) is 0 Å². The van der Waals surface area contributed by atoms with Gasteiger partial charge in [-0.1, -0.05) is 19.6 Å². The summed E-state index contributed by atoms with van der Waals surface area (Å²) in [5.41, 5.74) is 2.93. The van der Waals surface area contributed by atoms with Crippen LogP contribution in [-0.2, 0) is 6.42 Å². The lowest BCUT2D eigenvalue weighted by molar-refractivity contribution is -0.00653. The molecule has 1 rings (SSSR count). The summed E-state index contributed by atoms with van der Waals surface area (Å²) < 4.78 is 12.0. The average molecular weight is 180 g/mol. The topological polar surface area (TPSA) is 9.23 Å². The summed E-state index contributed by atoms with van der Waals surface area (Å²) >= 11 is 0. The molecule has 0 amide bonds. The van der Waals surface area contributed by atoms with Gasteiger partial charge < -0.3 is 0 Å². The van der Waals surface area contributed by atoms with Crippen LogP contribution in [0.15, 0.2) is 18.7 Å². The van der Waals surface area contributed by atoms with Gasteiger partial charge >= 0.3 is 0 Å². The van der Waals surface area contributed by atoms with E-state index in [4.69, 9.17) is 0 Å². The molecule has 70 valence electrons. The molecule has 0 saturated heterocycles. The number of rotatable bonds is 3. The molecule has 1 aromatic rings. The summed E-state index contributed by atoms with van der Waals surface area (Å²) in [6.45, 7) is 7.60. The lowest BCUT2D eigenvalue weighted by Gasteiger charge is -2.07. The van der Waals surface area contributed by atoms with E-state index in [9.17, 15) is 4.53 Å². The van der Waals surface area contributed by atoms with Gasteiger partial charge in [0.15, 0.2) is 5.75 Å². The molecule has 1 aromatic carbocycles. The molecule has 0 bridgehead atoms. The smallest absolute Gasteiger partial charge is 0.179 e. The third-order valence-electron chi connectivity index (χ3n) is 2.15. The van der Waals surface area contributed by atoms with E-state index in [0.29, 0.717) is 5.56 Å². The molecule has 0 atom stereocenters. The van der Waals surface area contributed by atoms with Gasteiger partial charge in [-0.25, -0.2) is 0 Å². The molecule has 0 radical (unpaired) electrons. The number of hydrogen-bond donors (Lipinski definition) is 0. The summed E-state index contributed by atoms with van der Waals surface area (Å²) in [6.07, 6.45) is 2.52. The predicted molar refractivity (Wildman–Crippen MR) is 52.4 cm³/mol. The van der Waals surface area contributed by atoms with Crippen LogP contribution in [-0.4, -0.2) is 0 Å². The number of halogens is 1. The van der Waals surface area contributed by atoms with Gasteiger partial charge in [0.05, 0.1) is 0 Å². The van der Waals surface area contributed by atoms with Crippen molar-refractivity contribution in [1.82, 2.24) is 0 Å². The number of benzene rings is 1. The SMILES string of the molecule is C=Cc1cc(CC)c(C)cc1OF. The van der Waals surface area contributed by atoms with Gasteiger partial charge in [0, 0.05) is 10.1 Å². The Morgan fingerprint density at radius 3 is 2.69 bits per heavy atom. The Kier molecular flexibility index (Phi) is 3.07. The predicted octanol–water partition coefficient (Wildman–Crippen LogP) is 3.46. The zero-order valence-electron chi connectivity index (χ0n) is 7.93. The van der Waals surface area contributed by atoms with Crippen molar-refractivity contribution in [1.29, 1.82) is 0 Å². The van der Waals surface area contributed by atoms with Crippen molar-refractivity contribution in [2.45, 2.75) is 20.3 Å². The largest absolute Gasteiger partial charge is 0.294 e. The van der Waals surface area contributed by atoms with Gasteiger partial charge in [0.25, 0.3) is 0 Å². The Balaban J connectivity index is 3.26. The fourth-order valence-electron chi connectivity index (χ4n) is 1.35. The summed E-state index contributed by atoms with van der Waals surface area (Å²) in [6, 6.07) is 3.59. The highest BCUT2D eigenvalue weighted by Gasteiger charge is 2.05. The van der Waals surface area contributed by atoms with Crippen molar-refractivity contribution in [3.8, 4) is 5.75 Å². The third-order valence-corrected chi connectivity index (χ3v) is 2.15. The van der Waals surface area contributed by atoms with E-state index >= 15 is 0 Å². The van der Waals surface area contributed by atoms with Crippen LogP contribution in [0.3, 0.4) is 0 Å². The highest BCUT2D eigenvalue weighted by molar-refractivity contribution is 5.58. The first kappa shape index (κ1) is 9.78. The Hall–Kier alpha value is -1.31. The highest BCUT2D eigenvalue weighted by Crippen LogP contribution is 2.25. The van der Waals surface area contributed by atoms with Gasteiger partial charge in [-0.2, -0.15) is 0 Å². The van der Waals surface area contributed by atoms with Crippen LogP contribution in [0.4, 0.5) is 4.53 Å². The van der Waals surface area contributed by atoms with Crippen LogP contribution < -0.4 is 4.94 Å². The highest BCUT2D eigenvalue weighted by atomic mass is 19.3. The fraction of sp³-hybridized carbons (Fsp3) is 0.273. The first-order valence-corrected chi connectivity index (χ1v) is 4.27. The van der Waals surface area contributed by atoms with Crippen LogP contribution >= 0.6 is 0 Å². The second-order valence-corrected chi connectivity index (χ2v) is 2.95. The van der Waals surface area contributed by atoms with Crippen molar-refractivity contribution in [2.75, 3.05) is 0 Å². The summed E-state index contributed by atoms with van der Waals surface area (Å²) in [4.78, 5) is 3.75. The van der Waals surface area contributed by atoms with E-state index in [0.717, 1.165) is 12.0 Å². The summed E-state index contributed by atoms with van der Waals surface area (Å²) in [5.74, 6) is 0.240. The molecule has 0 aliphatic heterocycles. The van der Waals surface area contributed by atoms with E-state index in [-0.39, 0.29) is 5.75 Å². The Labute approximate surface area is 77.7 Å².